The van der Waals surface area contributed by atoms with Crippen LogP contribution in [0.1, 0.15) is 29.6 Å². The zero-order chi connectivity index (χ0) is 13.9. The molecule has 104 valence electrons. The summed E-state index contributed by atoms with van der Waals surface area (Å²) in [6.07, 6.45) is 6.88. The first-order chi connectivity index (χ1) is 9.75. The van der Waals surface area contributed by atoms with Crippen molar-refractivity contribution >= 4 is 28.8 Å². The average molecular weight is 307 g/mol. The van der Waals surface area contributed by atoms with Crippen LogP contribution in [-0.2, 0) is 0 Å². The zero-order valence-corrected chi connectivity index (χ0v) is 12.6. The SMILES string of the molecule is O=C(c1cc(-c2ccncc2)sc1Cl)N1CCCCC1. The molecule has 0 unspecified atom stereocenters. The molecule has 0 atom stereocenters. The summed E-state index contributed by atoms with van der Waals surface area (Å²) in [6.45, 7) is 1.69. The quantitative estimate of drug-likeness (QED) is 0.837. The van der Waals surface area contributed by atoms with Crippen LogP contribution in [0.15, 0.2) is 30.6 Å². The molecule has 2 aromatic heterocycles. The predicted molar refractivity (Wildman–Crippen MR) is 82.3 cm³/mol. The van der Waals surface area contributed by atoms with Crippen molar-refractivity contribution in [2.75, 3.05) is 13.1 Å². The number of rotatable bonds is 2. The van der Waals surface area contributed by atoms with Crippen LogP contribution in [-0.4, -0.2) is 28.9 Å². The van der Waals surface area contributed by atoms with E-state index in [4.69, 9.17) is 11.6 Å². The number of carbonyl (C=O) groups excluding carboxylic acids is 1. The first-order valence-corrected chi connectivity index (χ1v) is 7.94. The van der Waals surface area contributed by atoms with Gasteiger partial charge in [0.1, 0.15) is 4.34 Å². The zero-order valence-electron chi connectivity index (χ0n) is 11.0. The normalized spacial score (nSPS) is 15.3. The minimum Gasteiger partial charge on any atom is -0.339 e. The molecule has 1 saturated heterocycles. The molecule has 0 radical (unpaired) electrons. The second-order valence-corrected chi connectivity index (χ2v) is 6.54. The summed E-state index contributed by atoms with van der Waals surface area (Å²) in [5.74, 6) is 0.0613. The van der Waals surface area contributed by atoms with Crippen LogP contribution in [0, 0.1) is 0 Å². The maximum absolute atomic E-state index is 12.5. The number of nitrogens with zero attached hydrogens (tertiary/aromatic N) is 2. The molecule has 3 heterocycles. The van der Waals surface area contributed by atoms with E-state index in [9.17, 15) is 4.79 Å². The van der Waals surface area contributed by atoms with Crippen LogP contribution in [0.25, 0.3) is 10.4 Å². The summed E-state index contributed by atoms with van der Waals surface area (Å²) in [6, 6.07) is 5.76. The molecule has 0 N–H and O–H groups in total. The third kappa shape index (κ3) is 2.72. The largest absolute Gasteiger partial charge is 0.339 e. The van der Waals surface area contributed by atoms with Crippen LogP contribution in [0.5, 0.6) is 0 Å². The van der Waals surface area contributed by atoms with Gasteiger partial charge in [-0.25, -0.2) is 0 Å². The number of halogens is 1. The number of thiophene rings is 1. The first kappa shape index (κ1) is 13.6. The minimum absolute atomic E-state index is 0.0613. The van der Waals surface area contributed by atoms with E-state index in [2.05, 4.69) is 4.98 Å². The van der Waals surface area contributed by atoms with Gasteiger partial charge in [0.2, 0.25) is 0 Å². The van der Waals surface area contributed by atoms with Gasteiger partial charge >= 0.3 is 0 Å². The molecule has 3 rings (SSSR count). The van der Waals surface area contributed by atoms with Gasteiger partial charge in [0.25, 0.3) is 5.91 Å². The van der Waals surface area contributed by atoms with Gasteiger partial charge in [-0.15, -0.1) is 11.3 Å². The fraction of sp³-hybridized carbons (Fsp3) is 0.333. The standard InChI is InChI=1S/C15H15ClN2OS/c16-14-12(15(19)18-8-2-1-3-9-18)10-13(20-14)11-4-6-17-7-5-11/h4-7,10H,1-3,8-9H2. The minimum atomic E-state index is 0.0613. The molecule has 0 aliphatic carbocycles. The summed E-state index contributed by atoms with van der Waals surface area (Å²) in [4.78, 5) is 19.4. The van der Waals surface area contributed by atoms with Crippen molar-refractivity contribution in [1.29, 1.82) is 0 Å². The third-order valence-corrected chi connectivity index (χ3v) is 4.93. The Balaban J connectivity index is 1.87. The Bertz CT molecular complexity index is 606. The Kier molecular flexibility index (Phi) is 4.03. The number of carbonyl (C=O) groups is 1. The molecular formula is C15H15ClN2OS. The Morgan fingerprint density at radius 2 is 1.90 bits per heavy atom. The summed E-state index contributed by atoms with van der Waals surface area (Å²) in [7, 11) is 0. The number of amides is 1. The molecule has 0 aromatic carbocycles. The van der Waals surface area contributed by atoms with Gasteiger partial charge in [0, 0.05) is 30.4 Å². The fourth-order valence-corrected chi connectivity index (χ4v) is 3.71. The van der Waals surface area contributed by atoms with E-state index >= 15 is 0 Å². The van der Waals surface area contributed by atoms with Crippen LogP contribution in [0.4, 0.5) is 0 Å². The molecule has 0 saturated carbocycles. The Labute approximate surface area is 127 Å². The lowest BCUT2D eigenvalue weighted by Crippen LogP contribution is -2.35. The van der Waals surface area contributed by atoms with Gasteiger partial charge in [-0.1, -0.05) is 11.6 Å². The summed E-state index contributed by atoms with van der Waals surface area (Å²) in [5, 5.41) is 0. The van der Waals surface area contributed by atoms with Crippen molar-refractivity contribution < 1.29 is 4.79 Å². The van der Waals surface area contributed by atoms with Crippen LogP contribution in [0.3, 0.4) is 0 Å². The lowest BCUT2D eigenvalue weighted by molar-refractivity contribution is 0.0725. The molecule has 5 heteroatoms. The van der Waals surface area contributed by atoms with Gasteiger partial charge in [0.15, 0.2) is 0 Å². The van der Waals surface area contributed by atoms with Gasteiger partial charge < -0.3 is 4.90 Å². The number of aromatic nitrogens is 1. The number of hydrogen-bond acceptors (Lipinski definition) is 3. The number of pyridine rings is 1. The average Bonchev–Trinajstić information content (AvgIpc) is 2.90. The summed E-state index contributed by atoms with van der Waals surface area (Å²) in [5.41, 5.74) is 1.68. The van der Waals surface area contributed by atoms with E-state index in [-0.39, 0.29) is 5.91 Å². The molecule has 1 aliphatic heterocycles. The second-order valence-electron chi connectivity index (χ2n) is 4.89. The van der Waals surface area contributed by atoms with Crippen molar-refractivity contribution in [3.8, 4) is 10.4 Å². The first-order valence-electron chi connectivity index (χ1n) is 6.75. The van der Waals surface area contributed by atoms with Crippen molar-refractivity contribution in [2.45, 2.75) is 19.3 Å². The molecular weight excluding hydrogens is 292 g/mol. The van der Waals surface area contributed by atoms with Gasteiger partial charge in [-0.2, -0.15) is 0 Å². The lowest BCUT2D eigenvalue weighted by Gasteiger charge is -2.26. The fourth-order valence-electron chi connectivity index (χ4n) is 2.44. The van der Waals surface area contributed by atoms with Gasteiger partial charge in [-0.05, 0) is 43.0 Å². The van der Waals surface area contributed by atoms with Gasteiger partial charge in [-0.3, -0.25) is 9.78 Å². The summed E-state index contributed by atoms with van der Waals surface area (Å²) < 4.78 is 0.576. The third-order valence-electron chi connectivity index (χ3n) is 3.53. The molecule has 1 amide bonds. The Morgan fingerprint density at radius 1 is 1.20 bits per heavy atom. The van der Waals surface area contributed by atoms with Gasteiger partial charge in [0.05, 0.1) is 5.56 Å². The van der Waals surface area contributed by atoms with Crippen LogP contribution >= 0.6 is 22.9 Å². The van der Waals surface area contributed by atoms with E-state index in [0.717, 1.165) is 36.4 Å². The van der Waals surface area contributed by atoms with E-state index in [1.165, 1.54) is 17.8 Å². The Hall–Kier alpha value is -1.39. The van der Waals surface area contributed by atoms with Crippen LogP contribution in [0.2, 0.25) is 4.34 Å². The molecule has 20 heavy (non-hydrogen) atoms. The van der Waals surface area contributed by atoms with Crippen molar-refractivity contribution in [2.24, 2.45) is 0 Å². The summed E-state index contributed by atoms with van der Waals surface area (Å²) >= 11 is 7.71. The second kappa shape index (κ2) is 5.94. The van der Waals surface area contributed by atoms with E-state index in [0.29, 0.717) is 9.90 Å². The van der Waals surface area contributed by atoms with Crippen LogP contribution < -0.4 is 0 Å². The Morgan fingerprint density at radius 3 is 2.60 bits per heavy atom. The highest BCUT2D eigenvalue weighted by molar-refractivity contribution is 7.19. The topological polar surface area (TPSA) is 33.2 Å². The van der Waals surface area contributed by atoms with Crippen molar-refractivity contribution in [1.82, 2.24) is 9.88 Å². The van der Waals surface area contributed by atoms with E-state index in [1.54, 1.807) is 12.4 Å². The van der Waals surface area contributed by atoms with E-state index in [1.807, 2.05) is 23.1 Å². The lowest BCUT2D eigenvalue weighted by atomic mass is 10.1. The highest BCUT2D eigenvalue weighted by atomic mass is 35.5. The molecule has 0 spiro atoms. The molecule has 0 bridgehead atoms. The van der Waals surface area contributed by atoms with Crippen molar-refractivity contribution in [3.05, 3.63) is 40.5 Å². The van der Waals surface area contributed by atoms with Crippen molar-refractivity contribution in [3.63, 3.8) is 0 Å². The highest BCUT2D eigenvalue weighted by Gasteiger charge is 2.22. The number of piperidine rings is 1. The maximum Gasteiger partial charge on any atom is 0.256 e. The smallest absolute Gasteiger partial charge is 0.256 e. The molecule has 3 nitrogen and oxygen atoms in total. The monoisotopic (exact) mass is 306 g/mol. The molecule has 1 fully saturated rings. The molecule has 2 aromatic rings. The van der Waals surface area contributed by atoms with E-state index < -0.39 is 0 Å². The number of hydrogen-bond donors (Lipinski definition) is 0. The maximum atomic E-state index is 12.5. The highest BCUT2D eigenvalue weighted by Crippen LogP contribution is 2.35. The number of likely N-dealkylation sites (tertiary alicyclic amines) is 1. The molecule has 1 aliphatic rings. The predicted octanol–water partition coefficient (Wildman–Crippen LogP) is 4.09.